The number of carboxylic acids is 1. The van der Waals surface area contributed by atoms with Crippen LogP contribution in [0.1, 0.15) is 66.2 Å². The summed E-state index contributed by atoms with van der Waals surface area (Å²) in [5.41, 5.74) is -1.06. The van der Waals surface area contributed by atoms with Crippen LogP contribution in [0, 0.1) is 5.92 Å². The molecule has 0 aromatic heterocycles. The van der Waals surface area contributed by atoms with Gasteiger partial charge in [-0.15, -0.1) is 0 Å². The van der Waals surface area contributed by atoms with E-state index in [-0.39, 0.29) is 12.1 Å². The van der Waals surface area contributed by atoms with Crippen LogP contribution in [0.25, 0.3) is 0 Å². The molecule has 0 aromatic carbocycles. The molecule has 0 bridgehead atoms. The average molecular weight is 298 g/mol. The average Bonchev–Trinajstić information content (AvgIpc) is 2.88. The summed E-state index contributed by atoms with van der Waals surface area (Å²) in [6, 6.07) is -0.0543. The second kappa shape index (κ2) is 7.66. The van der Waals surface area contributed by atoms with Gasteiger partial charge in [0.15, 0.2) is 0 Å². The first-order valence-corrected chi connectivity index (χ1v) is 8.18. The Morgan fingerprint density at radius 3 is 2.10 bits per heavy atom. The van der Waals surface area contributed by atoms with Crippen molar-refractivity contribution in [2.24, 2.45) is 5.92 Å². The summed E-state index contributed by atoms with van der Waals surface area (Å²) in [6.45, 7) is 8.94. The zero-order valence-corrected chi connectivity index (χ0v) is 13.8. The van der Waals surface area contributed by atoms with E-state index in [0.717, 1.165) is 25.7 Å². The van der Waals surface area contributed by atoms with Crippen LogP contribution in [-0.4, -0.2) is 40.1 Å². The van der Waals surface area contributed by atoms with Gasteiger partial charge in [0.2, 0.25) is 0 Å². The Labute approximate surface area is 128 Å². The summed E-state index contributed by atoms with van der Waals surface area (Å²) >= 11 is 0. The highest BCUT2D eigenvalue weighted by atomic mass is 16.4. The maximum absolute atomic E-state index is 12.7. The molecule has 0 radical (unpaired) electrons. The summed E-state index contributed by atoms with van der Waals surface area (Å²) in [7, 11) is 0. The summed E-state index contributed by atoms with van der Waals surface area (Å²) < 4.78 is 0. The minimum absolute atomic E-state index is 0.166. The van der Waals surface area contributed by atoms with Crippen molar-refractivity contribution in [3.63, 3.8) is 0 Å². The molecule has 5 nitrogen and oxygen atoms in total. The first kappa shape index (κ1) is 17.8. The van der Waals surface area contributed by atoms with E-state index in [1.54, 1.807) is 0 Å². The number of aliphatic carboxylic acids is 1. The van der Waals surface area contributed by atoms with Gasteiger partial charge in [0.05, 0.1) is 0 Å². The number of carboxylic acid groups (broad SMARTS) is 1. The van der Waals surface area contributed by atoms with Gasteiger partial charge in [0.25, 0.3) is 0 Å². The summed E-state index contributed by atoms with van der Waals surface area (Å²) in [5, 5.41) is 12.3. The number of hydrogen-bond donors (Lipinski definition) is 2. The van der Waals surface area contributed by atoms with E-state index in [1.165, 1.54) is 0 Å². The molecule has 1 aliphatic rings. The van der Waals surface area contributed by atoms with Crippen LogP contribution in [0.5, 0.6) is 0 Å². The molecule has 1 rings (SSSR count). The molecule has 5 heteroatoms. The van der Waals surface area contributed by atoms with Crippen LogP contribution < -0.4 is 5.32 Å². The van der Waals surface area contributed by atoms with Crippen molar-refractivity contribution >= 4 is 12.0 Å². The van der Waals surface area contributed by atoms with Gasteiger partial charge in [-0.3, -0.25) is 0 Å². The quantitative estimate of drug-likeness (QED) is 0.758. The Morgan fingerprint density at radius 1 is 1.19 bits per heavy atom. The second-order valence-electron chi connectivity index (χ2n) is 6.54. The Morgan fingerprint density at radius 2 is 1.71 bits per heavy atom. The standard InChI is InChI=1S/C16H30N2O3/c1-5-13(6-2)18(11-12(3)4)15(21)17-16(14(19)20)9-7-8-10-16/h12-13H,5-11H2,1-4H3,(H,17,21)(H,19,20). The van der Waals surface area contributed by atoms with E-state index in [2.05, 4.69) is 33.0 Å². The van der Waals surface area contributed by atoms with Crippen LogP contribution in [0.2, 0.25) is 0 Å². The van der Waals surface area contributed by atoms with Gasteiger partial charge in [0.1, 0.15) is 5.54 Å². The number of hydrogen-bond acceptors (Lipinski definition) is 2. The molecule has 0 saturated heterocycles. The van der Waals surface area contributed by atoms with Gasteiger partial charge in [-0.25, -0.2) is 9.59 Å². The van der Waals surface area contributed by atoms with E-state index in [0.29, 0.717) is 25.3 Å². The number of carbonyl (C=O) groups excluding carboxylic acids is 1. The fourth-order valence-electron chi connectivity index (χ4n) is 3.17. The molecule has 2 amide bonds. The molecule has 0 aliphatic heterocycles. The molecule has 2 N–H and O–H groups in total. The van der Waals surface area contributed by atoms with E-state index in [1.807, 2.05) is 4.90 Å². The monoisotopic (exact) mass is 298 g/mol. The third kappa shape index (κ3) is 4.35. The van der Waals surface area contributed by atoms with Gasteiger partial charge in [-0.2, -0.15) is 0 Å². The van der Waals surface area contributed by atoms with Gasteiger partial charge < -0.3 is 15.3 Å². The highest BCUT2D eigenvalue weighted by Crippen LogP contribution is 2.30. The Hall–Kier alpha value is -1.26. The largest absolute Gasteiger partial charge is 0.480 e. The molecule has 122 valence electrons. The summed E-state index contributed by atoms with van der Waals surface area (Å²) in [5.74, 6) is -0.539. The smallest absolute Gasteiger partial charge is 0.329 e. The maximum atomic E-state index is 12.7. The molecular formula is C16H30N2O3. The number of rotatable bonds is 7. The highest BCUT2D eigenvalue weighted by molar-refractivity contribution is 5.86. The number of nitrogens with zero attached hydrogens (tertiary/aromatic N) is 1. The Balaban J connectivity index is 2.86. The van der Waals surface area contributed by atoms with Crippen LogP contribution in [0.15, 0.2) is 0 Å². The van der Waals surface area contributed by atoms with Crippen LogP contribution in [0.3, 0.4) is 0 Å². The minimum atomic E-state index is -1.06. The fourth-order valence-corrected chi connectivity index (χ4v) is 3.17. The van der Waals surface area contributed by atoms with E-state index >= 15 is 0 Å². The van der Waals surface area contributed by atoms with E-state index < -0.39 is 11.5 Å². The highest BCUT2D eigenvalue weighted by Gasteiger charge is 2.43. The van der Waals surface area contributed by atoms with Crippen LogP contribution >= 0.6 is 0 Å². The zero-order chi connectivity index (χ0) is 16.0. The molecule has 0 aromatic rings. The Bertz CT molecular complexity index is 359. The second-order valence-corrected chi connectivity index (χ2v) is 6.54. The number of urea groups is 1. The first-order valence-electron chi connectivity index (χ1n) is 8.18. The first-order chi connectivity index (χ1) is 9.86. The molecule has 0 heterocycles. The van der Waals surface area contributed by atoms with Crippen molar-refractivity contribution in [1.29, 1.82) is 0 Å². The maximum Gasteiger partial charge on any atom is 0.329 e. The lowest BCUT2D eigenvalue weighted by atomic mass is 9.98. The zero-order valence-electron chi connectivity index (χ0n) is 13.8. The summed E-state index contributed by atoms with van der Waals surface area (Å²) in [4.78, 5) is 26.1. The van der Waals surface area contributed by atoms with Crippen molar-refractivity contribution in [3.8, 4) is 0 Å². The van der Waals surface area contributed by atoms with Crippen molar-refractivity contribution < 1.29 is 14.7 Å². The fraction of sp³-hybridized carbons (Fsp3) is 0.875. The van der Waals surface area contributed by atoms with Crippen molar-refractivity contribution in [1.82, 2.24) is 10.2 Å². The van der Waals surface area contributed by atoms with Crippen molar-refractivity contribution in [2.75, 3.05) is 6.54 Å². The molecule has 0 atom stereocenters. The lowest BCUT2D eigenvalue weighted by Gasteiger charge is -2.35. The van der Waals surface area contributed by atoms with Crippen molar-refractivity contribution in [3.05, 3.63) is 0 Å². The number of carbonyl (C=O) groups is 2. The van der Waals surface area contributed by atoms with Gasteiger partial charge in [-0.05, 0) is 31.6 Å². The van der Waals surface area contributed by atoms with Gasteiger partial charge in [-0.1, -0.05) is 40.5 Å². The lowest BCUT2D eigenvalue weighted by molar-refractivity contribution is -0.144. The van der Waals surface area contributed by atoms with Crippen LogP contribution in [0.4, 0.5) is 4.79 Å². The molecule has 1 aliphatic carbocycles. The van der Waals surface area contributed by atoms with Gasteiger partial charge >= 0.3 is 12.0 Å². The summed E-state index contributed by atoms with van der Waals surface area (Å²) in [6.07, 6.45) is 4.57. The minimum Gasteiger partial charge on any atom is -0.480 e. The molecule has 1 fully saturated rings. The Kier molecular flexibility index (Phi) is 6.49. The lowest BCUT2D eigenvalue weighted by Crippen LogP contribution is -2.58. The van der Waals surface area contributed by atoms with Gasteiger partial charge in [0, 0.05) is 12.6 Å². The topological polar surface area (TPSA) is 69.6 Å². The molecule has 21 heavy (non-hydrogen) atoms. The van der Waals surface area contributed by atoms with Crippen LogP contribution in [-0.2, 0) is 4.79 Å². The number of amides is 2. The third-order valence-electron chi connectivity index (χ3n) is 4.42. The molecule has 1 saturated carbocycles. The predicted octanol–water partition coefficient (Wildman–Crippen LogP) is 3.24. The third-order valence-corrected chi connectivity index (χ3v) is 4.42. The number of nitrogens with one attached hydrogen (secondary N) is 1. The molecule has 0 spiro atoms. The normalized spacial score (nSPS) is 17.2. The predicted molar refractivity (Wildman–Crippen MR) is 83.3 cm³/mol. The van der Waals surface area contributed by atoms with Crippen molar-refractivity contribution in [2.45, 2.75) is 77.8 Å². The van der Waals surface area contributed by atoms with E-state index in [4.69, 9.17) is 0 Å². The molecule has 0 unspecified atom stereocenters. The SMILES string of the molecule is CCC(CC)N(CC(C)C)C(=O)NC1(C(=O)O)CCCC1. The molecular weight excluding hydrogens is 268 g/mol. The van der Waals surface area contributed by atoms with E-state index in [9.17, 15) is 14.7 Å².